The van der Waals surface area contributed by atoms with Crippen LogP contribution in [0.3, 0.4) is 0 Å². The second kappa shape index (κ2) is 8.70. The number of ether oxygens (including phenoxy) is 2. The van der Waals surface area contributed by atoms with Crippen molar-refractivity contribution in [3.63, 3.8) is 0 Å². The lowest BCUT2D eigenvalue weighted by Crippen LogP contribution is -2.58. The number of methoxy groups -OCH3 is 1. The van der Waals surface area contributed by atoms with E-state index in [1.54, 1.807) is 18.9 Å². The summed E-state index contributed by atoms with van der Waals surface area (Å²) >= 11 is 2.85. The van der Waals surface area contributed by atoms with Crippen molar-refractivity contribution in [2.45, 2.75) is 46.4 Å². The molecule has 0 bridgehead atoms. The van der Waals surface area contributed by atoms with Gasteiger partial charge in [-0.2, -0.15) is 0 Å². The summed E-state index contributed by atoms with van der Waals surface area (Å²) in [4.78, 5) is -0.0539. The quantitative estimate of drug-likeness (QED) is 0.513. The van der Waals surface area contributed by atoms with Crippen molar-refractivity contribution in [1.82, 2.24) is 0 Å². The van der Waals surface area contributed by atoms with E-state index in [1.807, 2.05) is 18.4 Å². The lowest BCUT2D eigenvalue weighted by atomic mass is 9.90. The Kier molecular flexibility index (Phi) is 6.37. The molecule has 1 spiro atoms. The number of hydrogen-bond acceptors (Lipinski definition) is 8. The van der Waals surface area contributed by atoms with Gasteiger partial charge in [0.15, 0.2) is 4.93 Å². The van der Waals surface area contributed by atoms with Gasteiger partial charge in [0.25, 0.3) is 0 Å². The monoisotopic (exact) mass is 450 g/mol. The molecular formula is C22H26O6S2. The first-order valence-corrected chi connectivity index (χ1v) is 11.8. The van der Waals surface area contributed by atoms with E-state index in [1.165, 1.54) is 4.90 Å². The number of rotatable bonds is 5. The van der Waals surface area contributed by atoms with Gasteiger partial charge in [0.1, 0.15) is 18.0 Å². The topological polar surface area (TPSA) is 99.4 Å². The van der Waals surface area contributed by atoms with E-state index < -0.39 is 28.5 Å². The highest BCUT2D eigenvalue weighted by molar-refractivity contribution is 8.00. The Morgan fingerprint density at radius 3 is 2.53 bits per heavy atom. The standard InChI is InChI=1S/C22H26O6S2/c1-27-17-9-14-11-28-22(21(26)20(25)19(24)18(10-23)30-22)16(14)8-13(17)7-12-3-5-15(29-2)6-4-12/h3-6,8-9,18-21,23-26H,7,10-11H2,1-2H3/t18?,19-,20+,21-,22+/m1/s1. The molecule has 162 valence electrons. The molecule has 0 aliphatic carbocycles. The fourth-order valence-electron chi connectivity index (χ4n) is 4.15. The van der Waals surface area contributed by atoms with E-state index in [2.05, 4.69) is 24.3 Å². The van der Waals surface area contributed by atoms with E-state index in [9.17, 15) is 20.4 Å². The maximum Gasteiger partial charge on any atom is 0.168 e. The molecule has 1 fully saturated rings. The second-order valence-corrected chi connectivity index (χ2v) is 9.89. The van der Waals surface area contributed by atoms with Gasteiger partial charge in [-0.05, 0) is 47.2 Å². The van der Waals surface area contributed by atoms with Gasteiger partial charge in [0.2, 0.25) is 0 Å². The molecule has 2 heterocycles. The molecule has 2 aromatic rings. The Labute approximate surface area is 184 Å². The van der Waals surface area contributed by atoms with Crippen LogP contribution in [0.5, 0.6) is 5.75 Å². The predicted octanol–water partition coefficient (Wildman–Crippen LogP) is 1.88. The summed E-state index contributed by atoms with van der Waals surface area (Å²) in [6.45, 7) is -0.0831. The van der Waals surface area contributed by atoms with Crippen LogP contribution in [0.2, 0.25) is 0 Å². The van der Waals surface area contributed by atoms with Crippen molar-refractivity contribution < 1.29 is 29.9 Å². The van der Waals surface area contributed by atoms with Gasteiger partial charge in [0.05, 0.1) is 31.7 Å². The van der Waals surface area contributed by atoms with Crippen LogP contribution in [0, 0.1) is 0 Å². The van der Waals surface area contributed by atoms with Crippen LogP contribution >= 0.6 is 23.5 Å². The van der Waals surface area contributed by atoms with Gasteiger partial charge in [0, 0.05) is 16.9 Å². The molecule has 30 heavy (non-hydrogen) atoms. The van der Waals surface area contributed by atoms with Crippen molar-refractivity contribution in [1.29, 1.82) is 0 Å². The first-order valence-electron chi connectivity index (χ1n) is 9.73. The molecule has 0 radical (unpaired) electrons. The van der Waals surface area contributed by atoms with Gasteiger partial charge in [-0.3, -0.25) is 0 Å². The fourth-order valence-corrected chi connectivity index (χ4v) is 6.10. The van der Waals surface area contributed by atoms with Crippen LogP contribution in [0.25, 0.3) is 0 Å². The lowest BCUT2D eigenvalue weighted by molar-refractivity contribution is -0.147. The first-order chi connectivity index (χ1) is 14.4. The molecule has 0 aromatic heterocycles. The fraction of sp³-hybridized carbons (Fsp3) is 0.455. The van der Waals surface area contributed by atoms with Crippen LogP contribution < -0.4 is 4.74 Å². The summed E-state index contributed by atoms with van der Waals surface area (Å²) in [5.41, 5.74) is 3.67. The Hall–Kier alpha value is -1.26. The number of benzene rings is 2. The molecule has 1 saturated heterocycles. The average Bonchev–Trinajstić information content (AvgIpc) is 3.13. The molecule has 2 aliphatic rings. The van der Waals surface area contributed by atoms with Crippen LogP contribution in [-0.4, -0.2) is 64.0 Å². The number of aliphatic hydroxyl groups is 4. The molecule has 4 N–H and O–H groups in total. The average molecular weight is 451 g/mol. The van der Waals surface area contributed by atoms with Crippen LogP contribution in [0.4, 0.5) is 0 Å². The van der Waals surface area contributed by atoms with Crippen molar-refractivity contribution in [3.8, 4) is 5.75 Å². The summed E-state index contributed by atoms with van der Waals surface area (Å²) in [7, 11) is 1.62. The first kappa shape index (κ1) is 22.0. The third kappa shape index (κ3) is 3.64. The second-order valence-electron chi connectivity index (χ2n) is 7.57. The third-order valence-electron chi connectivity index (χ3n) is 5.83. The Balaban J connectivity index is 1.73. The van der Waals surface area contributed by atoms with E-state index in [-0.39, 0.29) is 13.2 Å². The van der Waals surface area contributed by atoms with Gasteiger partial charge in [-0.1, -0.05) is 12.1 Å². The number of fused-ring (bicyclic) bond motifs is 2. The molecule has 2 aromatic carbocycles. The van der Waals surface area contributed by atoms with Gasteiger partial charge in [-0.15, -0.1) is 23.5 Å². The number of aliphatic hydroxyl groups excluding tert-OH is 4. The van der Waals surface area contributed by atoms with Crippen molar-refractivity contribution in [2.24, 2.45) is 0 Å². The van der Waals surface area contributed by atoms with Crippen LogP contribution in [-0.2, 0) is 22.7 Å². The highest BCUT2D eigenvalue weighted by Gasteiger charge is 2.57. The summed E-state index contributed by atoms with van der Waals surface area (Å²) in [5.74, 6) is 0.734. The highest BCUT2D eigenvalue weighted by atomic mass is 32.2. The largest absolute Gasteiger partial charge is 0.496 e. The Morgan fingerprint density at radius 1 is 1.17 bits per heavy atom. The van der Waals surface area contributed by atoms with E-state index in [0.29, 0.717) is 6.42 Å². The zero-order valence-corrected chi connectivity index (χ0v) is 18.4. The highest BCUT2D eigenvalue weighted by Crippen LogP contribution is 2.55. The summed E-state index contributed by atoms with van der Waals surface area (Å²) in [6, 6.07) is 12.2. The minimum Gasteiger partial charge on any atom is -0.496 e. The van der Waals surface area contributed by atoms with Gasteiger partial charge >= 0.3 is 0 Å². The minimum absolute atomic E-state index is 0.249. The molecule has 5 atom stereocenters. The van der Waals surface area contributed by atoms with Gasteiger partial charge < -0.3 is 29.9 Å². The number of thioether (sulfide) groups is 2. The molecule has 0 amide bonds. The predicted molar refractivity (Wildman–Crippen MR) is 117 cm³/mol. The maximum atomic E-state index is 10.9. The zero-order chi connectivity index (χ0) is 21.5. The third-order valence-corrected chi connectivity index (χ3v) is 8.23. The summed E-state index contributed by atoms with van der Waals surface area (Å²) in [6.07, 6.45) is -1.31. The minimum atomic E-state index is -1.42. The smallest absolute Gasteiger partial charge is 0.168 e. The summed E-state index contributed by atoms with van der Waals surface area (Å²) in [5, 5.41) is 40.5. The molecule has 2 aliphatic heterocycles. The van der Waals surface area contributed by atoms with Crippen molar-refractivity contribution in [2.75, 3.05) is 20.0 Å². The maximum absolute atomic E-state index is 10.9. The van der Waals surface area contributed by atoms with E-state index in [4.69, 9.17) is 9.47 Å². The normalized spacial score (nSPS) is 30.5. The van der Waals surface area contributed by atoms with Crippen molar-refractivity contribution >= 4 is 23.5 Å². The molecule has 6 nitrogen and oxygen atoms in total. The molecular weight excluding hydrogens is 424 g/mol. The number of hydrogen-bond donors (Lipinski definition) is 4. The Bertz CT molecular complexity index is 903. The summed E-state index contributed by atoms with van der Waals surface area (Å²) < 4.78 is 11.6. The molecule has 4 rings (SSSR count). The van der Waals surface area contributed by atoms with E-state index >= 15 is 0 Å². The molecule has 1 unspecified atom stereocenters. The molecule has 8 heteroatoms. The van der Waals surface area contributed by atoms with Crippen LogP contribution in [0.15, 0.2) is 41.3 Å². The Morgan fingerprint density at radius 2 is 1.90 bits per heavy atom. The lowest BCUT2D eigenvalue weighted by Gasteiger charge is -2.45. The van der Waals surface area contributed by atoms with Crippen molar-refractivity contribution in [3.05, 3.63) is 58.7 Å². The van der Waals surface area contributed by atoms with Crippen LogP contribution in [0.1, 0.15) is 22.3 Å². The zero-order valence-electron chi connectivity index (χ0n) is 16.8. The van der Waals surface area contributed by atoms with Gasteiger partial charge in [-0.25, -0.2) is 0 Å². The van der Waals surface area contributed by atoms with E-state index in [0.717, 1.165) is 39.8 Å². The SMILES string of the molecule is COc1cc2c(cc1Cc1ccc(SC)cc1)[C@]1(OC2)SC(CO)[C@@H](O)[C@H](O)[C@H]1O. The molecule has 0 saturated carbocycles.